The van der Waals surface area contributed by atoms with E-state index < -0.39 is 0 Å². The number of benzene rings is 2. The van der Waals surface area contributed by atoms with Gasteiger partial charge >= 0.3 is 0 Å². The van der Waals surface area contributed by atoms with Crippen LogP contribution in [0.1, 0.15) is 18.5 Å². The monoisotopic (exact) mass is 381 g/mol. The van der Waals surface area contributed by atoms with E-state index in [1.807, 2.05) is 31.2 Å². The molecule has 0 N–H and O–H groups in total. The molecule has 22 heavy (non-hydrogen) atoms. The third-order valence-corrected chi connectivity index (χ3v) is 4.96. The number of halogens is 2. The minimum atomic E-state index is -0.268. The van der Waals surface area contributed by atoms with Gasteiger partial charge in [0.1, 0.15) is 5.82 Å². The topological polar surface area (TPSA) is 20.3 Å². The summed E-state index contributed by atoms with van der Waals surface area (Å²) in [6.45, 7) is 1.94. The van der Waals surface area contributed by atoms with Gasteiger partial charge in [-0.05, 0) is 42.8 Å². The smallest absolute Gasteiger partial charge is 0.233 e. The highest BCUT2D eigenvalue weighted by Crippen LogP contribution is 2.24. The molecule has 0 fully saturated rings. The van der Waals surface area contributed by atoms with E-state index in [-0.39, 0.29) is 17.8 Å². The predicted octanol–water partition coefficient (Wildman–Crippen LogP) is 4.90. The van der Waals surface area contributed by atoms with Gasteiger partial charge in [-0.1, -0.05) is 34.1 Å². The third-order valence-electron chi connectivity index (χ3n) is 3.49. The van der Waals surface area contributed by atoms with Crippen LogP contribution in [-0.2, 0) is 4.79 Å². The Morgan fingerprint density at radius 2 is 1.95 bits per heavy atom. The second-order valence-corrected chi connectivity index (χ2v) is 6.94. The van der Waals surface area contributed by atoms with Crippen molar-refractivity contribution in [1.82, 2.24) is 4.90 Å². The second kappa shape index (κ2) is 7.79. The van der Waals surface area contributed by atoms with Crippen molar-refractivity contribution in [3.05, 3.63) is 64.4 Å². The molecular weight excluding hydrogens is 365 g/mol. The molecule has 2 nitrogen and oxygen atoms in total. The molecule has 0 heterocycles. The Morgan fingerprint density at radius 3 is 2.59 bits per heavy atom. The average Bonchev–Trinajstić information content (AvgIpc) is 2.52. The van der Waals surface area contributed by atoms with E-state index in [4.69, 9.17) is 0 Å². The van der Waals surface area contributed by atoms with Crippen LogP contribution in [0.3, 0.4) is 0 Å². The van der Waals surface area contributed by atoms with E-state index in [9.17, 15) is 9.18 Å². The average molecular weight is 382 g/mol. The normalized spacial score (nSPS) is 12.0. The maximum absolute atomic E-state index is 13.0. The third kappa shape index (κ3) is 4.58. The molecule has 2 rings (SSSR count). The van der Waals surface area contributed by atoms with Gasteiger partial charge in [0.25, 0.3) is 0 Å². The molecule has 116 valence electrons. The van der Waals surface area contributed by atoms with Crippen LogP contribution >= 0.6 is 27.7 Å². The van der Waals surface area contributed by atoms with Crippen LogP contribution in [0.4, 0.5) is 4.39 Å². The maximum atomic E-state index is 13.0. The Bertz CT molecular complexity index is 647. The summed E-state index contributed by atoms with van der Waals surface area (Å²) in [6, 6.07) is 14.0. The lowest BCUT2D eigenvalue weighted by Crippen LogP contribution is -2.31. The van der Waals surface area contributed by atoms with Crippen molar-refractivity contribution >= 4 is 33.6 Å². The molecule has 2 aromatic carbocycles. The van der Waals surface area contributed by atoms with Gasteiger partial charge in [0.05, 0.1) is 11.8 Å². The molecule has 2 aromatic rings. The highest BCUT2D eigenvalue weighted by atomic mass is 79.9. The van der Waals surface area contributed by atoms with Crippen molar-refractivity contribution in [3.63, 3.8) is 0 Å². The lowest BCUT2D eigenvalue weighted by atomic mass is 10.1. The zero-order chi connectivity index (χ0) is 16.1. The summed E-state index contributed by atoms with van der Waals surface area (Å²) >= 11 is 4.92. The van der Waals surface area contributed by atoms with Crippen molar-refractivity contribution in [2.75, 3.05) is 12.8 Å². The first-order valence-corrected chi connectivity index (χ1v) is 8.64. The Balaban J connectivity index is 1.95. The summed E-state index contributed by atoms with van der Waals surface area (Å²) in [5.74, 6) is 0.148. The molecule has 0 aliphatic rings. The van der Waals surface area contributed by atoms with E-state index in [0.717, 1.165) is 14.9 Å². The van der Waals surface area contributed by atoms with Crippen LogP contribution in [0, 0.1) is 5.82 Å². The summed E-state index contributed by atoms with van der Waals surface area (Å²) in [6.07, 6.45) is 0. The van der Waals surface area contributed by atoms with Gasteiger partial charge in [-0.3, -0.25) is 4.79 Å². The molecule has 1 amide bonds. The Morgan fingerprint density at radius 1 is 1.27 bits per heavy atom. The maximum Gasteiger partial charge on any atom is 0.233 e. The molecule has 0 radical (unpaired) electrons. The Kier molecular flexibility index (Phi) is 6.03. The minimum Gasteiger partial charge on any atom is -0.338 e. The highest BCUT2D eigenvalue weighted by molar-refractivity contribution is 9.10. The Hall–Kier alpha value is -1.33. The van der Waals surface area contributed by atoms with E-state index >= 15 is 0 Å². The molecule has 5 heteroatoms. The zero-order valence-corrected chi connectivity index (χ0v) is 14.8. The van der Waals surface area contributed by atoms with Gasteiger partial charge < -0.3 is 4.90 Å². The first kappa shape index (κ1) is 17.0. The lowest BCUT2D eigenvalue weighted by Gasteiger charge is -2.25. The van der Waals surface area contributed by atoms with Crippen LogP contribution in [0.25, 0.3) is 0 Å². The molecule has 0 aliphatic carbocycles. The largest absolute Gasteiger partial charge is 0.338 e. The van der Waals surface area contributed by atoms with Crippen molar-refractivity contribution in [3.8, 4) is 0 Å². The number of hydrogen-bond donors (Lipinski definition) is 0. The Labute approximate surface area is 142 Å². The van der Waals surface area contributed by atoms with E-state index in [2.05, 4.69) is 15.9 Å². The summed E-state index contributed by atoms with van der Waals surface area (Å²) in [7, 11) is 1.78. The highest BCUT2D eigenvalue weighted by Gasteiger charge is 2.17. The first-order chi connectivity index (χ1) is 10.5. The molecular formula is C17H17BrFNOS. The summed E-state index contributed by atoms with van der Waals surface area (Å²) in [4.78, 5) is 15.0. The van der Waals surface area contributed by atoms with Crippen molar-refractivity contribution < 1.29 is 9.18 Å². The van der Waals surface area contributed by atoms with Gasteiger partial charge in [-0.2, -0.15) is 0 Å². The number of thioether (sulfide) groups is 1. The quantitative estimate of drug-likeness (QED) is 0.686. The molecule has 0 saturated carbocycles. The van der Waals surface area contributed by atoms with Gasteiger partial charge in [0, 0.05) is 16.4 Å². The van der Waals surface area contributed by atoms with Crippen LogP contribution in [0.2, 0.25) is 0 Å². The van der Waals surface area contributed by atoms with Crippen LogP contribution in [0.15, 0.2) is 57.9 Å². The number of amides is 1. The fourth-order valence-corrected chi connectivity index (χ4v) is 3.41. The minimum absolute atomic E-state index is 0.0433. The number of hydrogen-bond acceptors (Lipinski definition) is 2. The standard InChI is InChI=1S/C17H17BrFNOS/c1-12(13-6-8-15(19)9-7-13)20(2)17(21)11-22-16-5-3-4-14(18)10-16/h3-10,12H,11H2,1-2H3. The lowest BCUT2D eigenvalue weighted by molar-refractivity contribution is -0.128. The van der Waals surface area contributed by atoms with Crippen LogP contribution in [0.5, 0.6) is 0 Å². The summed E-state index contributed by atoms with van der Waals surface area (Å²) < 4.78 is 14.0. The summed E-state index contributed by atoms with van der Waals surface area (Å²) in [5.41, 5.74) is 0.921. The van der Waals surface area contributed by atoms with E-state index in [1.165, 1.54) is 23.9 Å². The SMILES string of the molecule is CC(c1ccc(F)cc1)N(C)C(=O)CSc1cccc(Br)c1. The van der Waals surface area contributed by atoms with Crippen LogP contribution < -0.4 is 0 Å². The number of nitrogens with zero attached hydrogens (tertiary/aromatic N) is 1. The van der Waals surface area contributed by atoms with Gasteiger partial charge in [0.2, 0.25) is 5.91 Å². The number of rotatable bonds is 5. The fraction of sp³-hybridized carbons (Fsp3) is 0.235. The molecule has 1 unspecified atom stereocenters. The molecule has 0 spiro atoms. The van der Waals surface area contributed by atoms with Crippen molar-refractivity contribution in [1.29, 1.82) is 0 Å². The zero-order valence-electron chi connectivity index (χ0n) is 12.4. The summed E-state index contributed by atoms with van der Waals surface area (Å²) in [5, 5.41) is 0. The molecule has 0 aromatic heterocycles. The van der Waals surface area contributed by atoms with E-state index in [1.54, 1.807) is 24.1 Å². The van der Waals surface area contributed by atoms with Crippen LogP contribution in [-0.4, -0.2) is 23.6 Å². The van der Waals surface area contributed by atoms with Gasteiger partial charge in [-0.15, -0.1) is 11.8 Å². The van der Waals surface area contributed by atoms with E-state index in [0.29, 0.717) is 5.75 Å². The molecule has 0 saturated heterocycles. The predicted molar refractivity (Wildman–Crippen MR) is 92.5 cm³/mol. The van der Waals surface area contributed by atoms with Gasteiger partial charge in [-0.25, -0.2) is 4.39 Å². The first-order valence-electron chi connectivity index (χ1n) is 6.87. The van der Waals surface area contributed by atoms with Gasteiger partial charge in [0.15, 0.2) is 0 Å². The molecule has 0 bridgehead atoms. The molecule has 0 aliphatic heterocycles. The fourth-order valence-electron chi connectivity index (χ4n) is 1.98. The van der Waals surface area contributed by atoms with Crippen molar-refractivity contribution in [2.45, 2.75) is 17.9 Å². The second-order valence-electron chi connectivity index (χ2n) is 4.98. The number of carbonyl (C=O) groups excluding carboxylic acids is 1. The molecule has 1 atom stereocenters. The number of carbonyl (C=O) groups is 1. The van der Waals surface area contributed by atoms with Crippen molar-refractivity contribution in [2.24, 2.45) is 0 Å².